The number of carbonyl (C=O) groups is 3. The largest absolute Gasteiger partial charge is 0.452 e. The summed E-state index contributed by atoms with van der Waals surface area (Å²) in [6.45, 7) is -3.92. The molecule has 0 aromatic heterocycles. The predicted octanol–water partition coefficient (Wildman–Crippen LogP) is 2.96. The average molecular weight is 429 g/mol. The molecule has 12 heteroatoms. The first kappa shape index (κ1) is 21.7. The van der Waals surface area contributed by atoms with Gasteiger partial charge in [0.1, 0.15) is 11.3 Å². The number of halogens is 3. The Hall–Kier alpha value is -3.60. The summed E-state index contributed by atoms with van der Waals surface area (Å²) in [4.78, 5) is 45.8. The first-order chi connectivity index (χ1) is 13.7. The van der Waals surface area contributed by atoms with Gasteiger partial charge in [0.2, 0.25) is 0 Å². The van der Waals surface area contributed by atoms with Crippen LogP contribution >= 0.6 is 11.6 Å². The molecular formula is C17H11ClF2N2O7. The second kappa shape index (κ2) is 9.55. The molecule has 2 aromatic carbocycles. The summed E-state index contributed by atoms with van der Waals surface area (Å²) >= 11 is 5.64. The third-order valence-electron chi connectivity index (χ3n) is 3.31. The van der Waals surface area contributed by atoms with Gasteiger partial charge in [0.05, 0.1) is 4.92 Å². The molecule has 0 aliphatic heterocycles. The molecule has 0 aliphatic rings. The van der Waals surface area contributed by atoms with E-state index in [1.807, 2.05) is 5.32 Å². The van der Waals surface area contributed by atoms with E-state index in [0.29, 0.717) is 0 Å². The third kappa shape index (κ3) is 6.21. The highest BCUT2D eigenvalue weighted by Gasteiger charge is 2.23. The molecule has 0 spiro atoms. The van der Waals surface area contributed by atoms with Crippen LogP contribution in [0.5, 0.6) is 5.75 Å². The number of nitro groups is 1. The number of carbonyl (C=O) groups excluding carboxylic acids is 3. The highest BCUT2D eigenvalue weighted by molar-refractivity contribution is 6.31. The van der Waals surface area contributed by atoms with Crippen LogP contribution in [0.1, 0.15) is 20.7 Å². The quantitative estimate of drug-likeness (QED) is 0.408. The number of amides is 2. The van der Waals surface area contributed by atoms with Gasteiger partial charge in [0.25, 0.3) is 17.5 Å². The molecule has 0 unspecified atom stereocenters. The number of rotatable bonds is 7. The normalized spacial score (nSPS) is 10.3. The van der Waals surface area contributed by atoms with Crippen molar-refractivity contribution in [3.63, 3.8) is 0 Å². The van der Waals surface area contributed by atoms with E-state index in [4.69, 9.17) is 11.6 Å². The summed E-state index contributed by atoms with van der Waals surface area (Å²) in [5.41, 5.74) is -1.07. The summed E-state index contributed by atoms with van der Waals surface area (Å²) in [7, 11) is 0. The van der Waals surface area contributed by atoms with Crippen LogP contribution in [0.4, 0.5) is 14.5 Å². The van der Waals surface area contributed by atoms with E-state index in [9.17, 15) is 33.3 Å². The van der Waals surface area contributed by atoms with E-state index < -0.39 is 47.2 Å². The number of nitrogens with one attached hydrogen (secondary N) is 1. The Balaban J connectivity index is 1.93. The number of esters is 1. The van der Waals surface area contributed by atoms with Crippen molar-refractivity contribution in [2.75, 3.05) is 6.61 Å². The van der Waals surface area contributed by atoms with E-state index in [-0.39, 0.29) is 16.3 Å². The van der Waals surface area contributed by atoms with Gasteiger partial charge in [-0.2, -0.15) is 8.78 Å². The zero-order chi connectivity index (χ0) is 21.6. The van der Waals surface area contributed by atoms with Crippen LogP contribution in [0.15, 0.2) is 42.5 Å². The minimum atomic E-state index is -3.03. The number of imide groups is 1. The lowest BCUT2D eigenvalue weighted by Gasteiger charge is -2.07. The van der Waals surface area contributed by atoms with Crippen molar-refractivity contribution in [3.8, 4) is 5.75 Å². The first-order valence-electron chi connectivity index (χ1n) is 7.67. The maximum atomic E-state index is 12.1. The summed E-state index contributed by atoms with van der Waals surface area (Å²) in [6, 6.07) is 7.73. The van der Waals surface area contributed by atoms with Crippen molar-refractivity contribution in [3.05, 3.63) is 68.7 Å². The lowest BCUT2D eigenvalue weighted by atomic mass is 10.2. The van der Waals surface area contributed by atoms with Crippen LogP contribution in [0.2, 0.25) is 5.02 Å². The Morgan fingerprint density at radius 2 is 1.79 bits per heavy atom. The molecule has 29 heavy (non-hydrogen) atoms. The molecule has 0 bridgehead atoms. The summed E-state index contributed by atoms with van der Waals surface area (Å²) < 4.78 is 33.0. The molecule has 0 radical (unpaired) electrons. The molecule has 152 valence electrons. The minimum absolute atomic E-state index is 0.0292. The molecule has 0 atom stereocenters. The molecule has 2 rings (SSSR count). The summed E-state index contributed by atoms with van der Waals surface area (Å²) in [5.74, 6) is -3.23. The number of hydrogen-bond donors (Lipinski definition) is 1. The molecule has 0 aliphatic carbocycles. The Morgan fingerprint density at radius 3 is 2.38 bits per heavy atom. The maximum Gasteiger partial charge on any atom is 0.387 e. The highest BCUT2D eigenvalue weighted by atomic mass is 35.5. The van der Waals surface area contributed by atoms with Crippen molar-refractivity contribution in [2.24, 2.45) is 0 Å². The predicted molar refractivity (Wildman–Crippen MR) is 93.9 cm³/mol. The van der Waals surface area contributed by atoms with Crippen molar-refractivity contribution in [1.82, 2.24) is 5.32 Å². The molecule has 2 amide bonds. The fourth-order valence-electron chi connectivity index (χ4n) is 2.06. The second-order valence-corrected chi connectivity index (χ2v) is 5.71. The van der Waals surface area contributed by atoms with Crippen LogP contribution in [-0.4, -0.2) is 35.9 Å². The van der Waals surface area contributed by atoms with Crippen LogP contribution in [-0.2, 0) is 9.53 Å². The van der Waals surface area contributed by atoms with Crippen molar-refractivity contribution < 1.29 is 37.6 Å². The Labute approximate surface area is 166 Å². The van der Waals surface area contributed by atoms with Gasteiger partial charge in [-0.1, -0.05) is 11.6 Å². The van der Waals surface area contributed by atoms with Crippen molar-refractivity contribution >= 4 is 35.1 Å². The molecule has 9 nitrogen and oxygen atoms in total. The van der Waals surface area contributed by atoms with E-state index >= 15 is 0 Å². The second-order valence-electron chi connectivity index (χ2n) is 5.27. The monoisotopic (exact) mass is 428 g/mol. The molecule has 0 saturated heterocycles. The smallest absolute Gasteiger partial charge is 0.387 e. The lowest BCUT2D eigenvalue weighted by molar-refractivity contribution is -0.385. The maximum absolute atomic E-state index is 12.1. The minimum Gasteiger partial charge on any atom is -0.452 e. The van der Waals surface area contributed by atoms with Gasteiger partial charge >= 0.3 is 12.6 Å². The van der Waals surface area contributed by atoms with Gasteiger partial charge in [-0.25, -0.2) is 4.79 Å². The lowest BCUT2D eigenvalue weighted by Crippen LogP contribution is -2.34. The van der Waals surface area contributed by atoms with Gasteiger partial charge in [0.15, 0.2) is 6.61 Å². The number of hydrogen-bond acceptors (Lipinski definition) is 7. The number of benzene rings is 2. The highest BCUT2D eigenvalue weighted by Crippen LogP contribution is 2.23. The zero-order valence-corrected chi connectivity index (χ0v) is 15.0. The number of alkyl halides is 2. The number of nitro benzene ring substituents is 1. The number of ether oxygens (including phenoxy) is 2. The zero-order valence-electron chi connectivity index (χ0n) is 14.3. The van der Waals surface area contributed by atoms with Gasteiger partial charge < -0.3 is 9.47 Å². The van der Waals surface area contributed by atoms with E-state index in [1.54, 1.807) is 0 Å². The molecule has 0 fully saturated rings. The number of nitrogens with zero attached hydrogens (tertiary/aromatic N) is 1. The van der Waals surface area contributed by atoms with Crippen LogP contribution in [0, 0.1) is 10.1 Å². The van der Waals surface area contributed by atoms with E-state index in [1.165, 1.54) is 6.07 Å². The molecular weight excluding hydrogens is 418 g/mol. The molecule has 0 saturated carbocycles. The summed E-state index contributed by atoms with van der Waals surface area (Å²) in [5, 5.41) is 12.9. The van der Waals surface area contributed by atoms with E-state index in [0.717, 1.165) is 36.4 Å². The fourth-order valence-corrected chi connectivity index (χ4v) is 2.23. The van der Waals surface area contributed by atoms with Crippen molar-refractivity contribution in [1.29, 1.82) is 0 Å². The van der Waals surface area contributed by atoms with Crippen LogP contribution < -0.4 is 10.1 Å². The van der Waals surface area contributed by atoms with Crippen LogP contribution in [0.25, 0.3) is 0 Å². The summed E-state index contributed by atoms with van der Waals surface area (Å²) in [6.07, 6.45) is 0. The van der Waals surface area contributed by atoms with E-state index in [2.05, 4.69) is 9.47 Å². The average Bonchev–Trinajstić information content (AvgIpc) is 2.66. The standard InChI is InChI=1S/C17H11ClF2N2O7/c18-10-3-6-12(13(7-10)22(26)27)16(25)28-8-14(23)21-15(24)9-1-4-11(5-2-9)29-17(19)20/h1-7,17H,8H2,(H,21,23,24). The van der Waals surface area contributed by atoms with Gasteiger partial charge in [-0.3, -0.25) is 25.0 Å². The molecule has 1 N–H and O–H groups in total. The van der Waals surface area contributed by atoms with Gasteiger partial charge in [-0.15, -0.1) is 0 Å². The Bertz CT molecular complexity index is 951. The van der Waals surface area contributed by atoms with Crippen molar-refractivity contribution in [2.45, 2.75) is 6.61 Å². The molecule has 0 heterocycles. The Kier molecular flexibility index (Phi) is 7.15. The Morgan fingerprint density at radius 1 is 1.14 bits per heavy atom. The molecule has 2 aromatic rings. The van der Waals surface area contributed by atoms with Gasteiger partial charge in [0, 0.05) is 16.7 Å². The third-order valence-corrected chi connectivity index (χ3v) is 3.54. The topological polar surface area (TPSA) is 125 Å². The van der Waals surface area contributed by atoms with Crippen LogP contribution in [0.3, 0.4) is 0 Å². The SMILES string of the molecule is O=C(COC(=O)c1ccc(Cl)cc1[N+](=O)[O-])NC(=O)c1ccc(OC(F)F)cc1. The van der Waals surface area contributed by atoms with Gasteiger partial charge in [-0.05, 0) is 36.4 Å². The fraction of sp³-hybridized carbons (Fsp3) is 0.118. The first-order valence-corrected chi connectivity index (χ1v) is 8.05.